The smallest absolute Gasteiger partial charge is 0.224 e. The third-order valence-corrected chi connectivity index (χ3v) is 3.52. The zero-order chi connectivity index (χ0) is 15.9. The van der Waals surface area contributed by atoms with Crippen LogP contribution in [0.1, 0.15) is 37.4 Å². The second-order valence-electron chi connectivity index (χ2n) is 5.96. The predicted octanol–water partition coefficient (Wildman–Crippen LogP) is 4.27. The van der Waals surface area contributed by atoms with Gasteiger partial charge in [0.2, 0.25) is 5.91 Å². The van der Waals surface area contributed by atoms with Crippen molar-refractivity contribution in [1.29, 1.82) is 0 Å². The molecule has 2 nitrogen and oxygen atoms in total. The van der Waals surface area contributed by atoms with E-state index in [1.807, 2.05) is 30.3 Å². The molecule has 0 fully saturated rings. The Morgan fingerprint density at radius 1 is 1.05 bits per heavy atom. The van der Waals surface area contributed by atoms with E-state index < -0.39 is 0 Å². The average Bonchev–Trinajstić information content (AvgIpc) is 2.49. The van der Waals surface area contributed by atoms with Gasteiger partial charge in [-0.05, 0) is 35.6 Å². The van der Waals surface area contributed by atoms with Gasteiger partial charge in [-0.15, -0.1) is 0 Å². The van der Waals surface area contributed by atoms with Crippen LogP contribution in [-0.4, -0.2) is 5.91 Å². The Morgan fingerprint density at radius 2 is 1.68 bits per heavy atom. The summed E-state index contributed by atoms with van der Waals surface area (Å²) in [7, 11) is 0. The second-order valence-corrected chi connectivity index (χ2v) is 5.96. The van der Waals surface area contributed by atoms with Crippen LogP contribution in [0.5, 0.6) is 0 Å². The standard InChI is InChI=1S/C19H22FNO/c1-14(2)12-18(16-6-4-3-5-7-16)21-19(22)13-15-8-10-17(20)11-9-15/h3-11,14,18H,12-13H2,1-2H3,(H,21,22)/t18-/m0/s1. The number of halogens is 1. The van der Waals surface area contributed by atoms with Crippen LogP contribution in [0, 0.1) is 11.7 Å². The molecule has 2 aromatic rings. The molecule has 0 saturated heterocycles. The first-order valence-corrected chi connectivity index (χ1v) is 7.63. The van der Waals surface area contributed by atoms with Crippen molar-refractivity contribution in [2.24, 2.45) is 5.92 Å². The minimum Gasteiger partial charge on any atom is -0.349 e. The molecular formula is C19H22FNO. The lowest BCUT2D eigenvalue weighted by Gasteiger charge is -2.21. The number of nitrogens with one attached hydrogen (secondary N) is 1. The molecule has 0 aliphatic heterocycles. The van der Waals surface area contributed by atoms with Crippen molar-refractivity contribution in [3.63, 3.8) is 0 Å². The summed E-state index contributed by atoms with van der Waals surface area (Å²) in [6.07, 6.45) is 1.15. The normalized spacial score (nSPS) is 12.2. The summed E-state index contributed by atoms with van der Waals surface area (Å²) in [6, 6.07) is 16.1. The van der Waals surface area contributed by atoms with E-state index >= 15 is 0 Å². The Bertz CT molecular complexity index is 593. The van der Waals surface area contributed by atoms with E-state index in [9.17, 15) is 9.18 Å². The molecule has 1 atom stereocenters. The lowest BCUT2D eigenvalue weighted by molar-refractivity contribution is -0.121. The number of benzene rings is 2. The monoisotopic (exact) mass is 299 g/mol. The molecular weight excluding hydrogens is 277 g/mol. The largest absolute Gasteiger partial charge is 0.349 e. The molecule has 0 aromatic heterocycles. The van der Waals surface area contributed by atoms with E-state index in [1.54, 1.807) is 12.1 Å². The van der Waals surface area contributed by atoms with Crippen molar-refractivity contribution in [2.45, 2.75) is 32.7 Å². The van der Waals surface area contributed by atoms with Gasteiger partial charge < -0.3 is 5.32 Å². The molecule has 0 bridgehead atoms. The Kier molecular flexibility index (Phi) is 5.70. The Labute approximate surface area is 131 Å². The zero-order valence-electron chi connectivity index (χ0n) is 13.1. The van der Waals surface area contributed by atoms with Gasteiger partial charge >= 0.3 is 0 Å². The number of carbonyl (C=O) groups is 1. The molecule has 0 saturated carbocycles. The average molecular weight is 299 g/mol. The molecule has 116 valence electrons. The van der Waals surface area contributed by atoms with E-state index in [0.717, 1.165) is 17.5 Å². The fraction of sp³-hybridized carbons (Fsp3) is 0.316. The maximum atomic E-state index is 12.9. The summed E-state index contributed by atoms with van der Waals surface area (Å²) in [5.41, 5.74) is 1.93. The molecule has 2 aromatic carbocycles. The van der Waals surface area contributed by atoms with E-state index in [0.29, 0.717) is 5.92 Å². The minimum atomic E-state index is -0.286. The fourth-order valence-corrected chi connectivity index (χ4v) is 2.47. The van der Waals surface area contributed by atoms with Gasteiger partial charge in [-0.25, -0.2) is 4.39 Å². The molecule has 3 heteroatoms. The van der Waals surface area contributed by atoms with E-state index in [1.165, 1.54) is 12.1 Å². The topological polar surface area (TPSA) is 29.1 Å². The Morgan fingerprint density at radius 3 is 2.27 bits per heavy atom. The molecule has 1 N–H and O–H groups in total. The van der Waals surface area contributed by atoms with Crippen molar-refractivity contribution in [3.05, 3.63) is 71.5 Å². The van der Waals surface area contributed by atoms with Gasteiger partial charge in [0.1, 0.15) is 5.82 Å². The summed E-state index contributed by atoms with van der Waals surface area (Å²) >= 11 is 0. The lowest BCUT2D eigenvalue weighted by atomic mass is 9.96. The minimum absolute atomic E-state index is 0.00847. The second kappa shape index (κ2) is 7.74. The first-order valence-electron chi connectivity index (χ1n) is 7.63. The van der Waals surface area contributed by atoms with Crippen LogP contribution in [0.3, 0.4) is 0 Å². The highest BCUT2D eigenvalue weighted by Gasteiger charge is 2.16. The van der Waals surface area contributed by atoms with Gasteiger partial charge in [-0.2, -0.15) is 0 Å². The van der Waals surface area contributed by atoms with Gasteiger partial charge in [-0.1, -0.05) is 56.3 Å². The summed E-state index contributed by atoms with van der Waals surface area (Å²) in [5.74, 6) is 0.156. The molecule has 0 spiro atoms. The lowest BCUT2D eigenvalue weighted by Crippen LogP contribution is -2.30. The summed E-state index contributed by atoms with van der Waals surface area (Å²) in [6.45, 7) is 4.28. The number of amides is 1. The highest BCUT2D eigenvalue weighted by molar-refractivity contribution is 5.79. The maximum absolute atomic E-state index is 12.9. The predicted molar refractivity (Wildman–Crippen MR) is 86.9 cm³/mol. The van der Waals surface area contributed by atoms with Crippen molar-refractivity contribution in [1.82, 2.24) is 5.32 Å². The van der Waals surface area contributed by atoms with Gasteiger partial charge in [0.05, 0.1) is 12.5 Å². The SMILES string of the molecule is CC(C)C[C@H](NC(=O)Cc1ccc(F)cc1)c1ccccc1. The quantitative estimate of drug-likeness (QED) is 0.848. The third kappa shape index (κ3) is 4.99. The van der Waals surface area contributed by atoms with Crippen LogP contribution in [0.15, 0.2) is 54.6 Å². The maximum Gasteiger partial charge on any atom is 0.224 e. The number of hydrogen-bond acceptors (Lipinski definition) is 1. The molecule has 1 amide bonds. The highest BCUT2D eigenvalue weighted by Crippen LogP contribution is 2.21. The molecule has 0 aliphatic rings. The summed E-state index contributed by atoms with van der Waals surface area (Å²) in [5, 5.41) is 3.10. The van der Waals surface area contributed by atoms with Gasteiger partial charge in [0, 0.05) is 0 Å². The van der Waals surface area contributed by atoms with Crippen LogP contribution in [0.2, 0.25) is 0 Å². The summed E-state index contributed by atoms with van der Waals surface area (Å²) in [4.78, 5) is 12.3. The number of rotatable bonds is 6. The number of carbonyl (C=O) groups excluding carboxylic acids is 1. The zero-order valence-corrected chi connectivity index (χ0v) is 13.1. The van der Waals surface area contributed by atoms with Crippen LogP contribution in [0.25, 0.3) is 0 Å². The van der Waals surface area contributed by atoms with Gasteiger partial charge in [-0.3, -0.25) is 4.79 Å². The Hall–Kier alpha value is -2.16. The fourth-order valence-electron chi connectivity index (χ4n) is 2.47. The van der Waals surface area contributed by atoms with Crippen LogP contribution < -0.4 is 5.32 Å². The van der Waals surface area contributed by atoms with Crippen LogP contribution >= 0.6 is 0 Å². The highest BCUT2D eigenvalue weighted by atomic mass is 19.1. The van der Waals surface area contributed by atoms with Gasteiger partial charge in [0.25, 0.3) is 0 Å². The molecule has 22 heavy (non-hydrogen) atoms. The molecule has 0 unspecified atom stereocenters. The van der Waals surface area contributed by atoms with Crippen molar-refractivity contribution in [3.8, 4) is 0 Å². The van der Waals surface area contributed by atoms with Gasteiger partial charge in [0.15, 0.2) is 0 Å². The molecule has 0 aliphatic carbocycles. The third-order valence-electron chi connectivity index (χ3n) is 3.52. The van der Waals surface area contributed by atoms with Crippen LogP contribution in [0.4, 0.5) is 4.39 Å². The van der Waals surface area contributed by atoms with Crippen molar-refractivity contribution < 1.29 is 9.18 Å². The Balaban J connectivity index is 2.03. The van der Waals surface area contributed by atoms with E-state index in [4.69, 9.17) is 0 Å². The molecule has 0 heterocycles. The number of hydrogen-bond donors (Lipinski definition) is 1. The first-order chi connectivity index (χ1) is 10.5. The van der Waals surface area contributed by atoms with Crippen LogP contribution in [-0.2, 0) is 11.2 Å². The van der Waals surface area contributed by atoms with E-state index in [-0.39, 0.29) is 24.2 Å². The molecule has 0 radical (unpaired) electrons. The van der Waals surface area contributed by atoms with Crippen molar-refractivity contribution >= 4 is 5.91 Å². The first kappa shape index (κ1) is 16.2. The molecule has 2 rings (SSSR count). The van der Waals surface area contributed by atoms with Crippen molar-refractivity contribution in [2.75, 3.05) is 0 Å². The van der Waals surface area contributed by atoms with E-state index in [2.05, 4.69) is 19.2 Å². The summed E-state index contributed by atoms with van der Waals surface area (Å²) < 4.78 is 12.9.